The van der Waals surface area contributed by atoms with E-state index in [9.17, 15) is 4.79 Å². The number of rotatable bonds is 6. The summed E-state index contributed by atoms with van der Waals surface area (Å²) in [6, 6.07) is 23.1. The van der Waals surface area contributed by atoms with Gasteiger partial charge in [-0.15, -0.1) is 0 Å². The van der Waals surface area contributed by atoms with E-state index in [1.54, 1.807) is 11.8 Å². The number of ether oxygens (including phenoxy) is 2. The number of nitrogens with zero attached hydrogens (tertiary/aromatic N) is 1. The van der Waals surface area contributed by atoms with Crippen LogP contribution in [0.2, 0.25) is 0 Å². The van der Waals surface area contributed by atoms with Gasteiger partial charge in [0.2, 0.25) is 0 Å². The van der Waals surface area contributed by atoms with Crippen LogP contribution in [0, 0.1) is 0 Å². The molecule has 2 heterocycles. The third-order valence-corrected chi connectivity index (χ3v) is 5.97. The molecule has 0 aliphatic carbocycles. The molecule has 7 heteroatoms. The van der Waals surface area contributed by atoms with Crippen LogP contribution in [0.1, 0.15) is 15.9 Å². The van der Waals surface area contributed by atoms with E-state index in [2.05, 4.69) is 15.3 Å². The minimum atomic E-state index is -0.226. The predicted molar refractivity (Wildman–Crippen MR) is 121 cm³/mol. The van der Waals surface area contributed by atoms with E-state index in [4.69, 9.17) is 9.47 Å². The molecule has 0 fully saturated rings. The van der Waals surface area contributed by atoms with Crippen molar-refractivity contribution in [2.24, 2.45) is 0 Å². The van der Waals surface area contributed by atoms with Crippen LogP contribution in [0.4, 0.5) is 0 Å². The van der Waals surface area contributed by atoms with Crippen molar-refractivity contribution in [1.82, 2.24) is 15.3 Å². The number of para-hydroxylation sites is 4. The Labute approximate surface area is 184 Å². The number of benzene rings is 3. The van der Waals surface area contributed by atoms with E-state index in [1.165, 1.54) is 0 Å². The zero-order chi connectivity index (χ0) is 21.0. The number of imidazole rings is 1. The number of aromatic amines is 1. The van der Waals surface area contributed by atoms with Gasteiger partial charge in [-0.2, -0.15) is 0 Å². The molecule has 3 aromatic carbocycles. The van der Waals surface area contributed by atoms with E-state index < -0.39 is 0 Å². The molecule has 6 nitrogen and oxygen atoms in total. The van der Waals surface area contributed by atoms with E-state index >= 15 is 0 Å². The number of carbonyl (C=O) groups is 1. The Balaban J connectivity index is 1.22. The van der Waals surface area contributed by atoms with Crippen molar-refractivity contribution < 1.29 is 14.3 Å². The van der Waals surface area contributed by atoms with Crippen LogP contribution in [0.25, 0.3) is 11.0 Å². The molecule has 0 bridgehead atoms. The molecule has 1 aromatic heterocycles. The van der Waals surface area contributed by atoms with Crippen molar-refractivity contribution in [3.05, 3.63) is 83.9 Å². The summed E-state index contributed by atoms with van der Waals surface area (Å²) >= 11 is 1.58. The van der Waals surface area contributed by atoms with Crippen molar-refractivity contribution in [1.29, 1.82) is 0 Å². The van der Waals surface area contributed by atoms with Crippen molar-refractivity contribution >= 4 is 28.7 Å². The number of fused-ring (bicyclic) bond motifs is 2. The number of H-pyrrole nitrogens is 1. The first kappa shape index (κ1) is 19.5. The summed E-state index contributed by atoms with van der Waals surface area (Å²) in [5.41, 5.74) is 3.56. The Kier molecular flexibility index (Phi) is 5.50. The summed E-state index contributed by atoms with van der Waals surface area (Å²) in [6.07, 6.45) is -0.226. The molecule has 2 N–H and O–H groups in total. The molecule has 156 valence electrons. The predicted octanol–water partition coefficient (Wildman–Crippen LogP) is 4.43. The summed E-state index contributed by atoms with van der Waals surface area (Å²) in [4.78, 5) is 20.8. The third kappa shape index (κ3) is 4.36. The smallest absolute Gasteiger partial charge is 0.251 e. The monoisotopic (exact) mass is 431 g/mol. The number of hydrogen-bond donors (Lipinski definition) is 2. The molecule has 0 saturated carbocycles. The maximum Gasteiger partial charge on any atom is 0.251 e. The molecule has 1 amide bonds. The molecule has 1 aliphatic rings. The van der Waals surface area contributed by atoms with E-state index in [-0.39, 0.29) is 12.0 Å². The van der Waals surface area contributed by atoms with Gasteiger partial charge in [-0.05, 0) is 35.9 Å². The van der Waals surface area contributed by atoms with Crippen molar-refractivity contribution in [3.63, 3.8) is 0 Å². The number of amides is 1. The fraction of sp³-hybridized carbons (Fsp3) is 0.167. The molecular weight excluding hydrogens is 410 g/mol. The lowest BCUT2D eigenvalue weighted by Gasteiger charge is -2.26. The number of aromatic nitrogens is 2. The highest BCUT2D eigenvalue weighted by atomic mass is 32.2. The fourth-order valence-electron chi connectivity index (χ4n) is 3.48. The average Bonchev–Trinajstić information content (AvgIpc) is 3.24. The number of carbonyl (C=O) groups excluding carboxylic acids is 1. The molecular formula is C24H21N3O3S. The molecule has 0 saturated heterocycles. The average molecular weight is 432 g/mol. The molecule has 0 spiro atoms. The number of nitrogens with one attached hydrogen (secondary N) is 2. The zero-order valence-electron chi connectivity index (χ0n) is 16.7. The quantitative estimate of drug-likeness (QED) is 0.442. The second-order valence-corrected chi connectivity index (χ2v) is 8.18. The Morgan fingerprint density at radius 3 is 2.71 bits per heavy atom. The summed E-state index contributed by atoms with van der Waals surface area (Å²) in [5, 5.41) is 3.82. The molecule has 31 heavy (non-hydrogen) atoms. The Hall–Kier alpha value is -3.45. The SMILES string of the molecule is O=C(NCC1COc2ccccc2O1)c1ccccc1CSc1nc2ccccc2[nH]1. The fourth-order valence-corrected chi connectivity index (χ4v) is 4.37. The maximum absolute atomic E-state index is 12.9. The van der Waals surface area contributed by atoms with Crippen molar-refractivity contribution in [2.75, 3.05) is 13.2 Å². The highest BCUT2D eigenvalue weighted by Crippen LogP contribution is 2.30. The maximum atomic E-state index is 12.9. The zero-order valence-corrected chi connectivity index (χ0v) is 17.5. The van der Waals surface area contributed by atoms with Crippen LogP contribution in [0.15, 0.2) is 78.0 Å². The van der Waals surface area contributed by atoms with Gasteiger partial charge in [0.05, 0.1) is 17.6 Å². The van der Waals surface area contributed by atoms with Gasteiger partial charge in [-0.3, -0.25) is 4.79 Å². The van der Waals surface area contributed by atoms with Gasteiger partial charge in [0.15, 0.2) is 16.7 Å². The molecule has 1 unspecified atom stereocenters. The van der Waals surface area contributed by atoms with Crippen LogP contribution in [-0.4, -0.2) is 35.1 Å². The van der Waals surface area contributed by atoms with E-state index in [0.29, 0.717) is 30.2 Å². The van der Waals surface area contributed by atoms with E-state index in [0.717, 1.165) is 27.5 Å². The van der Waals surface area contributed by atoms with Crippen LogP contribution in [0.3, 0.4) is 0 Å². The van der Waals surface area contributed by atoms with Gasteiger partial charge < -0.3 is 19.8 Å². The summed E-state index contributed by atoms with van der Waals surface area (Å²) in [6.45, 7) is 0.777. The Morgan fingerprint density at radius 1 is 1.03 bits per heavy atom. The minimum absolute atomic E-state index is 0.122. The van der Waals surface area contributed by atoms with Gasteiger partial charge in [0.1, 0.15) is 12.7 Å². The first-order valence-corrected chi connectivity index (χ1v) is 11.1. The lowest BCUT2D eigenvalue weighted by atomic mass is 10.1. The molecule has 5 rings (SSSR count). The lowest BCUT2D eigenvalue weighted by molar-refractivity contribution is 0.0789. The highest BCUT2D eigenvalue weighted by Gasteiger charge is 2.22. The molecule has 1 aliphatic heterocycles. The summed E-state index contributed by atoms with van der Waals surface area (Å²) in [7, 11) is 0. The lowest BCUT2D eigenvalue weighted by Crippen LogP contribution is -2.40. The van der Waals surface area contributed by atoms with Crippen molar-refractivity contribution in [2.45, 2.75) is 17.0 Å². The van der Waals surface area contributed by atoms with Crippen LogP contribution >= 0.6 is 11.8 Å². The summed E-state index contributed by atoms with van der Waals surface area (Å²) < 4.78 is 11.6. The second kappa shape index (κ2) is 8.73. The van der Waals surface area contributed by atoms with Crippen LogP contribution < -0.4 is 14.8 Å². The largest absolute Gasteiger partial charge is 0.486 e. The van der Waals surface area contributed by atoms with E-state index in [1.807, 2.05) is 72.8 Å². The van der Waals surface area contributed by atoms with Crippen LogP contribution in [0.5, 0.6) is 11.5 Å². The Morgan fingerprint density at radius 2 is 1.81 bits per heavy atom. The van der Waals surface area contributed by atoms with Gasteiger partial charge in [-0.1, -0.05) is 54.2 Å². The van der Waals surface area contributed by atoms with Gasteiger partial charge in [0, 0.05) is 11.3 Å². The third-order valence-electron chi connectivity index (χ3n) is 5.05. The highest BCUT2D eigenvalue weighted by molar-refractivity contribution is 7.98. The van der Waals surface area contributed by atoms with Gasteiger partial charge in [0.25, 0.3) is 5.91 Å². The molecule has 1 atom stereocenters. The summed E-state index contributed by atoms with van der Waals surface area (Å²) in [5.74, 6) is 1.96. The first-order valence-electron chi connectivity index (χ1n) is 10.1. The second-order valence-electron chi connectivity index (χ2n) is 7.21. The Bertz CT molecular complexity index is 1190. The molecule has 0 radical (unpaired) electrons. The van der Waals surface area contributed by atoms with Gasteiger partial charge in [-0.25, -0.2) is 4.98 Å². The van der Waals surface area contributed by atoms with Crippen LogP contribution in [-0.2, 0) is 5.75 Å². The standard InChI is InChI=1S/C24H21N3O3S/c28-23(25-13-17-14-29-21-11-5-6-12-22(21)30-17)18-8-2-1-7-16(18)15-31-24-26-19-9-3-4-10-20(19)27-24/h1-12,17H,13-15H2,(H,25,28)(H,26,27). The molecule has 4 aromatic rings. The normalized spacial score (nSPS) is 15.0. The number of hydrogen-bond acceptors (Lipinski definition) is 5. The number of thioether (sulfide) groups is 1. The minimum Gasteiger partial charge on any atom is -0.486 e. The topological polar surface area (TPSA) is 76.2 Å². The van der Waals surface area contributed by atoms with Gasteiger partial charge >= 0.3 is 0 Å². The first-order chi connectivity index (χ1) is 15.3. The van der Waals surface area contributed by atoms with Crippen molar-refractivity contribution in [3.8, 4) is 11.5 Å².